The Morgan fingerprint density at radius 2 is 1.41 bits per heavy atom. The molecular weight excluding hydrogens is 377 g/mol. The summed E-state index contributed by atoms with van der Waals surface area (Å²) in [6.07, 6.45) is -4.65. The molecule has 2 aromatic heterocycles. The molecule has 0 saturated carbocycles. The molecule has 0 radical (unpaired) electrons. The maximum atomic E-state index is 13.2. The third kappa shape index (κ3) is 3.10. The van der Waals surface area contributed by atoms with Gasteiger partial charge in [0.1, 0.15) is 0 Å². The van der Waals surface area contributed by atoms with Gasteiger partial charge in [0.25, 0.3) is 11.6 Å². The molecule has 2 heterocycles. The van der Waals surface area contributed by atoms with Crippen molar-refractivity contribution in [2.24, 2.45) is 0 Å². The fourth-order valence-corrected chi connectivity index (χ4v) is 3.30. The van der Waals surface area contributed by atoms with Gasteiger partial charge >= 0.3 is 6.18 Å². The second-order valence-electron chi connectivity index (χ2n) is 6.60. The lowest BCUT2D eigenvalue weighted by Gasteiger charge is -2.08. The van der Waals surface area contributed by atoms with Gasteiger partial charge in [-0.25, -0.2) is 4.98 Å². The van der Waals surface area contributed by atoms with Crippen molar-refractivity contribution in [1.29, 1.82) is 0 Å². The molecule has 0 N–H and O–H groups in total. The van der Waals surface area contributed by atoms with E-state index in [9.17, 15) is 13.2 Å². The summed E-state index contributed by atoms with van der Waals surface area (Å²) in [6.45, 7) is 0. The summed E-state index contributed by atoms with van der Waals surface area (Å²) in [6, 6.07) is 24.5. The van der Waals surface area contributed by atoms with E-state index < -0.39 is 12.0 Å². The molecule has 3 aromatic carbocycles. The summed E-state index contributed by atoms with van der Waals surface area (Å²) in [4.78, 5) is 8.00. The zero-order chi connectivity index (χ0) is 20.0. The van der Waals surface area contributed by atoms with Crippen molar-refractivity contribution >= 4 is 16.6 Å². The highest BCUT2D eigenvalue weighted by Gasteiger charge is 2.37. The molecule has 0 spiro atoms. The number of hydrogen-bond acceptors (Lipinski definition) is 3. The lowest BCUT2D eigenvalue weighted by atomic mass is 10.0. The zero-order valence-electron chi connectivity index (χ0n) is 14.9. The van der Waals surface area contributed by atoms with Gasteiger partial charge in [-0.15, -0.1) is 5.10 Å². The van der Waals surface area contributed by atoms with Crippen LogP contribution in [0.2, 0.25) is 0 Å². The maximum absolute atomic E-state index is 13.2. The first-order chi connectivity index (χ1) is 14.0. The highest BCUT2D eigenvalue weighted by molar-refractivity contribution is 5.87. The Morgan fingerprint density at radius 1 is 0.690 bits per heavy atom. The van der Waals surface area contributed by atoms with Gasteiger partial charge in [0, 0.05) is 11.1 Å². The highest BCUT2D eigenvalue weighted by atomic mass is 19.4. The maximum Gasteiger partial charge on any atom is 0.453 e. The molecule has 0 aliphatic heterocycles. The van der Waals surface area contributed by atoms with Gasteiger partial charge in [-0.3, -0.25) is 0 Å². The SMILES string of the molecule is FC(F)(F)c1nc2nc(-c3ccc4ccccc4c3)cc(-c3ccccc3)n2n1. The first-order valence-electron chi connectivity index (χ1n) is 8.89. The average molecular weight is 390 g/mol. The molecule has 0 atom stereocenters. The number of fused-ring (bicyclic) bond motifs is 2. The monoisotopic (exact) mass is 390 g/mol. The smallest absolute Gasteiger partial charge is 0.211 e. The molecule has 142 valence electrons. The minimum atomic E-state index is -4.65. The summed E-state index contributed by atoms with van der Waals surface area (Å²) in [7, 11) is 0. The molecule has 0 aliphatic carbocycles. The van der Waals surface area contributed by atoms with Crippen LogP contribution in [0.3, 0.4) is 0 Å². The van der Waals surface area contributed by atoms with Gasteiger partial charge in [-0.1, -0.05) is 66.7 Å². The van der Waals surface area contributed by atoms with Crippen molar-refractivity contribution in [3.05, 3.63) is 84.7 Å². The van der Waals surface area contributed by atoms with Crippen LogP contribution in [0.5, 0.6) is 0 Å². The van der Waals surface area contributed by atoms with E-state index in [4.69, 9.17) is 0 Å². The Labute approximate surface area is 163 Å². The van der Waals surface area contributed by atoms with Crippen molar-refractivity contribution in [2.75, 3.05) is 0 Å². The van der Waals surface area contributed by atoms with Gasteiger partial charge in [0.15, 0.2) is 0 Å². The number of rotatable bonds is 2. The van der Waals surface area contributed by atoms with Crippen LogP contribution in [0, 0.1) is 0 Å². The topological polar surface area (TPSA) is 43.1 Å². The largest absolute Gasteiger partial charge is 0.453 e. The number of benzene rings is 3. The van der Waals surface area contributed by atoms with E-state index in [1.165, 1.54) is 0 Å². The Kier molecular flexibility index (Phi) is 3.84. The van der Waals surface area contributed by atoms with Gasteiger partial charge < -0.3 is 0 Å². The van der Waals surface area contributed by atoms with Gasteiger partial charge in [-0.05, 0) is 22.9 Å². The van der Waals surface area contributed by atoms with Crippen LogP contribution in [0.25, 0.3) is 39.1 Å². The van der Waals surface area contributed by atoms with Crippen LogP contribution >= 0.6 is 0 Å². The Balaban J connectivity index is 1.77. The van der Waals surface area contributed by atoms with Crippen LogP contribution in [0.4, 0.5) is 13.2 Å². The van der Waals surface area contributed by atoms with Crippen LogP contribution in [-0.4, -0.2) is 19.6 Å². The quantitative estimate of drug-likeness (QED) is 0.392. The lowest BCUT2D eigenvalue weighted by molar-refractivity contribution is -0.144. The van der Waals surface area contributed by atoms with E-state index in [1.54, 1.807) is 6.07 Å². The normalized spacial score (nSPS) is 12.0. The van der Waals surface area contributed by atoms with E-state index in [-0.39, 0.29) is 5.78 Å². The van der Waals surface area contributed by atoms with Crippen molar-refractivity contribution in [3.63, 3.8) is 0 Å². The third-order valence-electron chi connectivity index (χ3n) is 4.68. The predicted molar refractivity (Wildman–Crippen MR) is 104 cm³/mol. The molecule has 4 nitrogen and oxygen atoms in total. The fraction of sp³-hybridized carbons (Fsp3) is 0.0455. The molecule has 0 bridgehead atoms. The molecule has 5 aromatic rings. The highest BCUT2D eigenvalue weighted by Crippen LogP contribution is 2.31. The van der Waals surface area contributed by atoms with Crippen molar-refractivity contribution < 1.29 is 13.2 Å². The zero-order valence-corrected chi connectivity index (χ0v) is 14.9. The van der Waals surface area contributed by atoms with Crippen LogP contribution < -0.4 is 0 Å². The van der Waals surface area contributed by atoms with Crippen molar-refractivity contribution in [1.82, 2.24) is 19.6 Å². The second kappa shape index (κ2) is 6.41. The summed E-state index contributed by atoms with van der Waals surface area (Å²) < 4.78 is 40.7. The molecule has 0 amide bonds. The van der Waals surface area contributed by atoms with Crippen LogP contribution in [0.15, 0.2) is 78.9 Å². The summed E-state index contributed by atoms with van der Waals surface area (Å²) in [5.74, 6) is -1.31. The molecule has 29 heavy (non-hydrogen) atoms. The third-order valence-corrected chi connectivity index (χ3v) is 4.68. The van der Waals surface area contributed by atoms with E-state index in [1.807, 2.05) is 72.8 Å². The minimum Gasteiger partial charge on any atom is -0.211 e. The van der Waals surface area contributed by atoms with Crippen LogP contribution in [0.1, 0.15) is 5.82 Å². The predicted octanol–water partition coefficient (Wildman–Crippen LogP) is 5.63. The summed E-state index contributed by atoms with van der Waals surface area (Å²) in [5.41, 5.74) is 2.53. The van der Waals surface area contributed by atoms with E-state index in [2.05, 4.69) is 15.1 Å². The molecule has 0 aliphatic rings. The summed E-state index contributed by atoms with van der Waals surface area (Å²) in [5, 5.41) is 5.75. The molecule has 0 fully saturated rings. The van der Waals surface area contributed by atoms with Gasteiger partial charge in [-0.2, -0.15) is 22.7 Å². The number of hydrogen-bond donors (Lipinski definition) is 0. The van der Waals surface area contributed by atoms with Crippen LogP contribution in [-0.2, 0) is 6.18 Å². The van der Waals surface area contributed by atoms with Crippen molar-refractivity contribution in [2.45, 2.75) is 6.18 Å². The van der Waals surface area contributed by atoms with E-state index in [0.29, 0.717) is 11.4 Å². The number of halogens is 3. The average Bonchev–Trinajstić information content (AvgIpc) is 3.18. The first-order valence-corrected chi connectivity index (χ1v) is 8.89. The molecule has 0 unspecified atom stereocenters. The Morgan fingerprint density at radius 3 is 2.17 bits per heavy atom. The number of nitrogens with zero attached hydrogens (tertiary/aromatic N) is 4. The van der Waals surface area contributed by atoms with Crippen molar-refractivity contribution in [3.8, 4) is 22.5 Å². The van der Waals surface area contributed by atoms with Gasteiger partial charge in [0.2, 0.25) is 0 Å². The molecular formula is C22H13F3N4. The molecule has 7 heteroatoms. The van der Waals surface area contributed by atoms with E-state index >= 15 is 0 Å². The fourth-order valence-electron chi connectivity index (χ4n) is 3.30. The standard InChI is InChI=1S/C22H13F3N4/c23-22(24,25)20-27-21-26-18(17-11-10-14-6-4-5-9-16(14)12-17)13-19(29(21)28-20)15-7-2-1-3-8-15/h1-13H. The van der Waals surface area contributed by atoms with E-state index in [0.717, 1.165) is 26.4 Å². The number of alkyl halides is 3. The molecule has 0 saturated heterocycles. The lowest BCUT2D eigenvalue weighted by Crippen LogP contribution is -2.07. The Hall–Kier alpha value is -3.74. The minimum absolute atomic E-state index is 0.0955. The summed E-state index contributed by atoms with van der Waals surface area (Å²) >= 11 is 0. The van der Waals surface area contributed by atoms with Gasteiger partial charge in [0.05, 0.1) is 11.4 Å². The molecule has 5 rings (SSSR count). The second-order valence-corrected chi connectivity index (χ2v) is 6.60. The first kappa shape index (κ1) is 17.4. The number of aromatic nitrogens is 4. The Bertz CT molecular complexity index is 1340.